The number of alkyl halides is 1. The van der Waals surface area contributed by atoms with Gasteiger partial charge in [-0.05, 0) is 17.7 Å². The number of halogens is 2. The number of hydrogen-bond acceptors (Lipinski definition) is 2. The van der Waals surface area contributed by atoms with Crippen LogP contribution in [-0.4, -0.2) is 13.1 Å². The normalized spacial score (nSPS) is 9.47. The van der Waals surface area contributed by atoms with Crippen molar-refractivity contribution in [2.75, 3.05) is 7.11 Å². The minimum absolute atomic E-state index is 0.0999. The molecular formula is C10H7BrFNO2. The number of methoxy groups -OCH3 is 1. The molecule has 1 aromatic rings. The Labute approximate surface area is 94.8 Å². The Balaban J connectivity index is 3.35. The molecule has 5 heteroatoms. The van der Waals surface area contributed by atoms with Gasteiger partial charge in [0, 0.05) is 5.33 Å². The van der Waals surface area contributed by atoms with E-state index in [9.17, 15) is 9.18 Å². The van der Waals surface area contributed by atoms with Crippen molar-refractivity contribution in [3.8, 4) is 0 Å². The average Bonchev–Trinajstić information content (AvgIpc) is 2.27. The molecule has 1 rings (SSSR count). The summed E-state index contributed by atoms with van der Waals surface area (Å²) in [4.78, 5) is 14.3. The minimum Gasteiger partial charge on any atom is -0.465 e. The molecular weight excluding hydrogens is 265 g/mol. The molecule has 0 aliphatic carbocycles. The van der Waals surface area contributed by atoms with E-state index >= 15 is 0 Å². The smallest absolute Gasteiger partial charge is 0.338 e. The lowest BCUT2D eigenvalue weighted by Crippen LogP contribution is -2.05. The lowest BCUT2D eigenvalue weighted by molar-refractivity contribution is 0.0599. The predicted octanol–water partition coefficient (Wildman–Crippen LogP) is 3.06. The Hall–Kier alpha value is -1.41. The van der Waals surface area contributed by atoms with E-state index in [1.165, 1.54) is 13.2 Å². The zero-order valence-electron chi connectivity index (χ0n) is 7.88. The lowest BCUT2D eigenvalue weighted by atomic mass is 10.1. The fraction of sp³-hybridized carbons (Fsp3) is 0.200. The summed E-state index contributed by atoms with van der Waals surface area (Å²) in [6.07, 6.45) is 0. The summed E-state index contributed by atoms with van der Waals surface area (Å²) in [5.41, 5.74) is 0.575. The summed E-state index contributed by atoms with van der Waals surface area (Å²) in [5, 5.41) is 0.361. The molecule has 1 aromatic carbocycles. The number of carbonyl (C=O) groups excluding carboxylic acids is 1. The summed E-state index contributed by atoms with van der Waals surface area (Å²) >= 11 is 3.16. The number of rotatable bonds is 2. The number of esters is 1. The Morgan fingerprint density at radius 2 is 2.33 bits per heavy atom. The third kappa shape index (κ3) is 2.34. The summed E-state index contributed by atoms with van der Waals surface area (Å²) < 4.78 is 17.7. The van der Waals surface area contributed by atoms with Gasteiger partial charge in [-0.2, -0.15) is 0 Å². The second-order valence-corrected chi connectivity index (χ2v) is 3.26. The highest BCUT2D eigenvalue weighted by atomic mass is 79.9. The van der Waals surface area contributed by atoms with Crippen LogP contribution in [0.15, 0.2) is 12.1 Å². The largest absolute Gasteiger partial charge is 0.465 e. The van der Waals surface area contributed by atoms with Crippen LogP contribution in [0.25, 0.3) is 4.85 Å². The van der Waals surface area contributed by atoms with Crippen molar-refractivity contribution in [1.82, 2.24) is 0 Å². The van der Waals surface area contributed by atoms with E-state index in [2.05, 4.69) is 25.5 Å². The molecule has 0 saturated carbocycles. The molecule has 0 fully saturated rings. The van der Waals surface area contributed by atoms with Crippen molar-refractivity contribution in [1.29, 1.82) is 0 Å². The Morgan fingerprint density at radius 3 is 2.80 bits per heavy atom. The second kappa shape index (κ2) is 4.89. The van der Waals surface area contributed by atoms with Crippen LogP contribution in [0.2, 0.25) is 0 Å². The van der Waals surface area contributed by atoms with Gasteiger partial charge in [0.2, 0.25) is 5.69 Å². The summed E-state index contributed by atoms with van der Waals surface area (Å²) in [6.45, 7) is 6.73. The number of nitrogens with zero attached hydrogens (tertiary/aromatic N) is 1. The van der Waals surface area contributed by atoms with Crippen LogP contribution in [0.3, 0.4) is 0 Å². The van der Waals surface area contributed by atoms with Crippen molar-refractivity contribution < 1.29 is 13.9 Å². The van der Waals surface area contributed by atoms with E-state index in [0.717, 1.165) is 6.07 Å². The topological polar surface area (TPSA) is 30.7 Å². The second-order valence-electron chi connectivity index (χ2n) is 2.70. The third-order valence-corrected chi connectivity index (χ3v) is 2.45. The molecule has 0 aliphatic rings. The Bertz CT molecular complexity index is 440. The monoisotopic (exact) mass is 271 g/mol. The van der Waals surface area contributed by atoms with Crippen molar-refractivity contribution in [2.24, 2.45) is 0 Å². The van der Waals surface area contributed by atoms with Gasteiger partial charge in [-0.1, -0.05) is 15.9 Å². The van der Waals surface area contributed by atoms with E-state index in [4.69, 9.17) is 6.57 Å². The summed E-state index contributed by atoms with van der Waals surface area (Å²) in [7, 11) is 1.22. The van der Waals surface area contributed by atoms with Crippen LogP contribution in [0.4, 0.5) is 10.1 Å². The molecule has 0 unspecified atom stereocenters. The maximum absolute atomic E-state index is 13.2. The lowest BCUT2D eigenvalue weighted by Gasteiger charge is -2.06. The number of ether oxygens (including phenoxy) is 1. The first kappa shape index (κ1) is 11.7. The highest BCUT2D eigenvalue weighted by Gasteiger charge is 2.15. The van der Waals surface area contributed by atoms with Crippen molar-refractivity contribution in [2.45, 2.75) is 5.33 Å². The molecule has 78 valence electrons. The van der Waals surface area contributed by atoms with Crippen molar-refractivity contribution in [3.05, 3.63) is 40.5 Å². The molecule has 0 saturated heterocycles. The zero-order valence-corrected chi connectivity index (χ0v) is 9.47. The number of benzene rings is 1. The van der Waals surface area contributed by atoms with Crippen LogP contribution in [-0.2, 0) is 10.1 Å². The van der Waals surface area contributed by atoms with Gasteiger partial charge < -0.3 is 4.74 Å². The third-order valence-electron chi connectivity index (χ3n) is 1.84. The molecule has 0 radical (unpaired) electrons. The summed E-state index contributed by atoms with van der Waals surface area (Å²) in [6, 6.07) is 2.36. The molecule has 0 spiro atoms. The molecule has 0 atom stereocenters. The van der Waals surface area contributed by atoms with Crippen LogP contribution in [0, 0.1) is 12.4 Å². The predicted molar refractivity (Wildman–Crippen MR) is 56.6 cm³/mol. The fourth-order valence-electron chi connectivity index (χ4n) is 1.10. The number of carbonyl (C=O) groups is 1. The standard InChI is InChI=1S/C10H7BrFNO2/c1-13-9-3-6(5-11)7(4-8(9)12)10(14)15-2/h3-4H,5H2,2H3. The van der Waals surface area contributed by atoms with E-state index in [-0.39, 0.29) is 11.3 Å². The van der Waals surface area contributed by atoms with Crippen molar-refractivity contribution in [3.63, 3.8) is 0 Å². The number of hydrogen-bond donors (Lipinski definition) is 0. The molecule has 0 aromatic heterocycles. The molecule has 0 aliphatic heterocycles. The summed E-state index contributed by atoms with van der Waals surface area (Å²) in [5.74, 6) is -1.32. The van der Waals surface area contributed by atoms with Gasteiger partial charge in [-0.3, -0.25) is 0 Å². The first-order valence-corrected chi connectivity index (χ1v) is 5.10. The van der Waals surface area contributed by atoms with Crippen LogP contribution in [0.5, 0.6) is 0 Å². The van der Waals surface area contributed by atoms with Crippen LogP contribution < -0.4 is 0 Å². The first-order valence-electron chi connectivity index (χ1n) is 3.98. The van der Waals surface area contributed by atoms with Crippen molar-refractivity contribution >= 4 is 27.6 Å². The molecule has 3 nitrogen and oxygen atoms in total. The van der Waals surface area contributed by atoms with E-state index in [0.29, 0.717) is 10.9 Å². The quantitative estimate of drug-likeness (QED) is 0.470. The molecule has 15 heavy (non-hydrogen) atoms. The fourth-order valence-corrected chi connectivity index (χ4v) is 1.57. The van der Waals surface area contributed by atoms with Crippen LogP contribution >= 0.6 is 15.9 Å². The first-order chi connectivity index (χ1) is 7.13. The Kier molecular flexibility index (Phi) is 3.81. The van der Waals surface area contributed by atoms with Gasteiger partial charge in [0.25, 0.3) is 0 Å². The molecule has 0 bridgehead atoms. The van der Waals surface area contributed by atoms with Gasteiger partial charge in [0.05, 0.1) is 19.2 Å². The van der Waals surface area contributed by atoms with Gasteiger partial charge >= 0.3 is 5.97 Å². The minimum atomic E-state index is -0.713. The van der Waals surface area contributed by atoms with E-state index in [1.807, 2.05) is 0 Å². The van der Waals surface area contributed by atoms with Gasteiger partial charge in [0.1, 0.15) is 5.82 Å². The maximum atomic E-state index is 13.2. The highest BCUT2D eigenvalue weighted by molar-refractivity contribution is 9.08. The SMILES string of the molecule is [C-]#[N+]c1cc(CBr)c(C(=O)OC)cc1F. The van der Waals surface area contributed by atoms with Crippen LogP contribution in [0.1, 0.15) is 15.9 Å². The highest BCUT2D eigenvalue weighted by Crippen LogP contribution is 2.25. The zero-order chi connectivity index (χ0) is 11.4. The van der Waals surface area contributed by atoms with Gasteiger partial charge in [0.15, 0.2) is 0 Å². The van der Waals surface area contributed by atoms with E-state index in [1.54, 1.807) is 0 Å². The van der Waals surface area contributed by atoms with Gasteiger partial charge in [-0.25, -0.2) is 14.0 Å². The Morgan fingerprint density at radius 1 is 1.67 bits per heavy atom. The molecule has 0 N–H and O–H groups in total. The van der Waals surface area contributed by atoms with E-state index < -0.39 is 11.8 Å². The average molecular weight is 272 g/mol. The molecule has 0 amide bonds. The maximum Gasteiger partial charge on any atom is 0.338 e. The molecule has 0 heterocycles. The van der Waals surface area contributed by atoms with Gasteiger partial charge in [-0.15, -0.1) is 0 Å².